The zero-order valence-electron chi connectivity index (χ0n) is 43.1. The molecule has 0 spiro atoms. The van der Waals surface area contributed by atoms with Crippen molar-refractivity contribution < 1.29 is 105 Å². The van der Waals surface area contributed by atoms with E-state index in [1.807, 2.05) is 12.1 Å². The fourth-order valence-electron chi connectivity index (χ4n) is 7.42. The smallest absolute Gasteiger partial charge is 0.565 e. The summed E-state index contributed by atoms with van der Waals surface area (Å²) in [5.41, 5.74) is 12.8. The summed E-state index contributed by atoms with van der Waals surface area (Å²) < 4.78 is 45.3. The molecule has 404 valence electrons. The van der Waals surface area contributed by atoms with E-state index in [4.69, 9.17) is 77.6 Å². The second-order valence-electron chi connectivity index (χ2n) is 16.1. The molecule has 0 fully saturated rings. The fourth-order valence-corrected chi connectivity index (χ4v) is 7.42. The molecule has 2 aliphatic heterocycles. The summed E-state index contributed by atoms with van der Waals surface area (Å²) in [4.78, 5) is 42.3. The molecule has 20 heteroatoms. The summed E-state index contributed by atoms with van der Waals surface area (Å²) in [5.74, 6) is -0.238. The van der Waals surface area contributed by atoms with E-state index < -0.39 is 11.9 Å². The molecule has 7 N–H and O–H groups in total. The van der Waals surface area contributed by atoms with E-state index in [0.717, 1.165) is 68.9 Å². The first-order valence-electron chi connectivity index (χ1n) is 24.1. The molecule has 3 aromatic rings. The zero-order valence-corrected chi connectivity index (χ0v) is 44.8. The van der Waals surface area contributed by atoms with Crippen molar-refractivity contribution in [2.45, 2.75) is 80.1 Å². The van der Waals surface area contributed by atoms with Crippen LogP contribution < -0.4 is 9.47 Å². The quantitative estimate of drug-likeness (QED) is 0.0599. The van der Waals surface area contributed by atoms with Gasteiger partial charge in [-0.3, -0.25) is 9.97 Å². The minimum atomic E-state index is -0.583. The number of fused-ring (bicyclic) bond motifs is 7. The first-order valence-corrected chi connectivity index (χ1v) is 24.1. The van der Waals surface area contributed by atoms with Crippen molar-refractivity contribution in [3.63, 3.8) is 0 Å². The topological polar surface area (TPSA) is 262 Å². The second-order valence-corrected chi connectivity index (χ2v) is 16.1. The predicted molar refractivity (Wildman–Crippen MR) is 274 cm³/mol. The Morgan fingerprint density at radius 1 is 0.556 bits per heavy atom. The molecule has 4 heterocycles. The number of nitrogens with one attached hydrogen (secondary N) is 1. The standard InChI is InChI=1S/C48H67N5O10.2C2H4O2.Lu/c1-7-35-36(8-2)40-28-42-38(12-10-14-55)34(4)46(53-42)32-50-44-30-48(63-26-24-61-22-20-59-18-16-57-6)47(62-25-23-60-21-19-58-17-15-56-5)29-43(44)49-31-45-33(3)37(11-9-13-54)41(52-45)27-39(35)51-40;2*1-2(3)4;/h27-32,51,54-55H,7-26H2,1-6H3;2*1H3,(H,3,4);/q;;;+3/p+2. The van der Waals surface area contributed by atoms with Gasteiger partial charge in [0.25, 0.3) is 0 Å². The Morgan fingerprint density at radius 2 is 0.889 bits per heavy atom. The van der Waals surface area contributed by atoms with E-state index in [2.05, 4.69) is 44.8 Å². The van der Waals surface area contributed by atoms with E-state index in [0.29, 0.717) is 114 Å². The number of allylic oxidation sites excluding steroid dienone is 4. The van der Waals surface area contributed by atoms with Gasteiger partial charge in [-0.15, -0.1) is 0 Å². The van der Waals surface area contributed by atoms with E-state index in [1.54, 1.807) is 26.6 Å². The summed E-state index contributed by atoms with van der Waals surface area (Å²) in [7, 11) is 3.28. The van der Waals surface area contributed by atoms with Gasteiger partial charge >= 0.3 is 48.8 Å². The first kappa shape index (κ1) is 63.7. The number of aliphatic hydroxyl groups is 2. The molecule has 5 rings (SSSR count). The third kappa shape index (κ3) is 22.0. The minimum Gasteiger partial charge on any atom is -0.565 e. The Hall–Kier alpha value is -4.41. The number of benzene rings is 1. The van der Waals surface area contributed by atoms with Crippen LogP contribution in [-0.2, 0) is 50.9 Å². The fraction of sp³-hybridized carbons (Fsp3) is 0.538. The number of aryl methyl sites for hydroxylation is 2. The van der Waals surface area contributed by atoms with Crippen LogP contribution in [0.1, 0.15) is 101 Å². The van der Waals surface area contributed by atoms with Crippen LogP contribution in [-0.4, -0.2) is 164 Å². The van der Waals surface area contributed by atoms with Crippen LogP contribution in [0, 0.1) is 36.9 Å². The molecule has 1 aromatic carbocycles. The molecule has 0 radical (unpaired) electrons. The van der Waals surface area contributed by atoms with Crippen LogP contribution in [0.2, 0.25) is 0 Å². The molecule has 2 aliphatic rings. The Labute approximate surface area is 452 Å². The van der Waals surface area contributed by atoms with E-state index in [9.17, 15) is 10.2 Å². The number of aromatic nitrogens is 5. The zero-order chi connectivity index (χ0) is 52.0. The van der Waals surface area contributed by atoms with Crippen LogP contribution >= 0.6 is 0 Å². The van der Waals surface area contributed by atoms with Gasteiger partial charge in [0.05, 0.1) is 126 Å². The monoisotopic (exact) mass is 1170 g/mol. The molecule has 2 aromatic heterocycles. The van der Waals surface area contributed by atoms with Crippen LogP contribution in [0.3, 0.4) is 0 Å². The van der Waals surface area contributed by atoms with Gasteiger partial charge in [0.1, 0.15) is 13.2 Å². The SMILES string of the molecule is CC(=O)[OH2+].CC(=O)[OH2+].CCc1c(CC)c2cc3nc(cnc4cc(OCCOCCOCCOC)c(OCCOCCOCCOC)cc4ncc4nc(cc1[nH]2)C(CCCO)=C4C)C(C)=C3CCCO.[Lu+3]. The van der Waals surface area contributed by atoms with Gasteiger partial charge in [-0.2, -0.15) is 0 Å². The molecule has 0 aliphatic carbocycles. The molecular weight excluding hydrogens is 1090 g/mol. The molecule has 0 saturated heterocycles. The number of nitrogens with zero attached hydrogens (tertiary/aromatic N) is 4. The molecule has 0 saturated carbocycles. The Balaban J connectivity index is 0.00000183. The summed E-state index contributed by atoms with van der Waals surface area (Å²) in [6.07, 6.45) is 7.74. The number of carbonyl (C=O) groups excluding carboxylic acids is 2. The Morgan fingerprint density at radius 3 is 1.21 bits per heavy atom. The summed E-state index contributed by atoms with van der Waals surface area (Å²) in [6, 6.07) is 7.90. The maximum absolute atomic E-state index is 9.86. The van der Waals surface area contributed by atoms with Crippen molar-refractivity contribution >= 4 is 56.3 Å². The van der Waals surface area contributed by atoms with Crippen molar-refractivity contribution in [3.05, 3.63) is 70.6 Å². The maximum atomic E-state index is 9.86. The number of methoxy groups -OCH3 is 2. The van der Waals surface area contributed by atoms with Gasteiger partial charge < -0.3 is 63.3 Å². The third-order valence-electron chi connectivity index (χ3n) is 10.8. The van der Waals surface area contributed by atoms with Gasteiger partial charge in [-0.1, -0.05) is 13.8 Å². The van der Waals surface area contributed by atoms with Crippen LogP contribution in [0.4, 0.5) is 0 Å². The van der Waals surface area contributed by atoms with Crippen LogP contribution in [0.15, 0.2) is 36.7 Å². The summed E-state index contributed by atoms with van der Waals surface area (Å²) in [5, 5.41) is 31.6. The number of aromatic amines is 1. The second kappa shape index (κ2) is 36.5. The van der Waals surface area contributed by atoms with E-state index >= 15 is 0 Å². The number of carbonyl (C=O) groups is 2. The van der Waals surface area contributed by atoms with E-state index in [-0.39, 0.29) is 63.3 Å². The average Bonchev–Trinajstić information content (AvgIpc) is 3.94. The normalized spacial score (nSPS) is 11.8. The third-order valence-corrected chi connectivity index (χ3v) is 10.8. The number of ether oxygens (including phenoxy) is 8. The minimum absolute atomic E-state index is 0. The number of H-pyrrole nitrogens is 1. The molecule has 0 unspecified atom stereocenters. The summed E-state index contributed by atoms with van der Waals surface area (Å²) in [6.45, 7) is 15.9. The average molecular weight is 1170 g/mol. The van der Waals surface area contributed by atoms with Gasteiger partial charge in [0.2, 0.25) is 0 Å². The largest absolute Gasteiger partial charge is 3.00 e. The Kier molecular flexibility index (Phi) is 32.3. The number of rotatable bonds is 28. The molecule has 72 heavy (non-hydrogen) atoms. The molecule has 6 bridgehead atoms. The van der Waals surface area contributed by atoms with Gasteiger partial charge in [0.15, 0.2) is 11.5 Å². The van der Waals surface area contributed by atoms with E-state index in [1.165, 1.54) is 25.0 Å². The summed E-state index contributed by atoms with van der Waals surface area (Å²) >= 11 is 0. The van der Waals surface area contributed by atoms with Gasteiger partial charge in [0, 0.05) is 60.2 Å². The van der Waals surface area contributed by atoms with Gasteiger partial charge in [-0.05, 0) is 97.9 Å². The van der Waals surface area contributed by atoms with Crippen molar-refractivity contribution in [1.29, 1.82) is 0 Å². The first-order chi connectivity index (χ1) is 34.3. The molecule has 0 atom stereocenters. The van der Waals surface area contributed by atoms with Crippen molar-refractivity contribution in [3.8, 4) is 11.5 Å². The van der Waals surface area contributed by atoms with Crippen molar-refractivity contribution in [2.75, 3.05) is 107 Å². The van der Waals surface area contributed by atoms with Crippen molar-refractivity contribution in [1.82, 2.24) is 24.9 Å². The van der Waals surface area contributed by atoms with Crippen LogP contribution in [0.25, 0.3) is 44.4 Å². The van der Waals surface area contributed by atoms with Crippen LogP contribution in [0.5, 0.6) is 11.5 Å². The molecule has 0 amide bonds. The predicted octanol–water partition coefficient (Wildman–Crippen LogP) is 5.50. The number of hydrogen-bond donors (Lipinski definition) is 3. The van der Waals surface area contributed by atoms with Gasteiger partial charge in [-0.25, -0.2) is 9.97 Å². The number of hydrogen-bond acceptors (Lipinski definition) is 16. The number of aliphatic hydroxyl groups excluding tert-OH is 2. The molecular formula is C52H77LuN5O14+5. The maximum Gasteiger partial charge on any atom is 3.00 e. The molecule has 19 nitrogen and oxygen atoms in total. The Bertz CT molecular complexity index is 2240. The van der Waals surface area contributed by atoms with Crippen molar-refractivity contribution in [2.24, 2.45) is 0 Å².